The number of rotatable bonds is 6. The first kappa shape index (κ1) is 14.5. The van der Waals surface area contributed by atoms with Crippen molar-refractivity contribution in [3.05, 3.63) is 47.4 Å². The van der Waals surface area contributed by atoms with Crippen LogP contribution in [0.5, 0.6) is 5.75 Å². The highest BCUT2D eigenvalue weighted by Crippen LogP contribution is 2.22. The SMILES string of the molecule is CCc1cnc(CNC(C)c2ccc(OC)cc2F)o1. The average Bonchev–Trinajstić information content (AvgIpc) is 2.92. The topological polar surface area (TPSA) is 47.3 Å². The van der Waals surface area contributed by atoms with Crippen LogP contribution in [0.2, 0.25) is 0 Å². The third kappa shape index (κ3) is 3.36. The number of oxazole rings is 1. The van der Waals surface area contributed by atoms with Crippen LogP contribution >= 0.6 is 0 Å². The maximum Gasteiger partial charge on any atom is 0.208 e. The number of halogens is 1. The van der Waals surface area contributed by atoms with E-state index in [1.54, 1.807) is 18.3 Å². The number of aromatic nitrogens is 1. The summed E-state index contributed by atoms with van der Waals surface area (Å²) in [4.78, 5) is 4.16. The van der Waals surface area contributed by atoms with Gasteiger partial charge in [0, 0.05) is 24.1 Å². The number of aryl methyl sites for hydroxylation is 1. The van der Waals surface area contributed by atoms with Crippen LogP contribution in [0.3, 0.4) is 0 Å². The molecule has 1 N–H and O–H groups in total. The van der Waals surface area contributed by atoms with Crippen LogP contribution in [-0.2, 0) is 13.0 Å². The van der Waals surface area contributed by atoms with Crippen molar-refractivity contribution in [1.82, 2.24) is 10.3 Å². The Balaban J connectivity index is 1.99. The van der Waals surface area contributed by atoms with Gasteiger partial charge >= 0.3 is 0 Å². The average molecular weight is 278 g/mol. The Kier molecular flexibility index (Phi) is 4.74. The lowest BCUT2D eigenvalue weighted by Gasteiger charge is -2.14. The van der Waals surface area contributed by atoms with Gasteiger partial charge in [0.15, 0.2) is 0 Å². The second-order valence-corrected chi connectivity index (χ2v) is 4.56. The Labute approximate surface area is 118 Å². The molecular formula is C15H19FN2O2. The molecular weight excluding hydrogens is 259 g/mol. The number of nitrogens with zero attached hydrogens (tertiary/aromatic N) is 1. The number of hydrogen-bond donors (Lipinski definition) is 1. The molecule has 1 atom stereocenters. The van der Waals surface area contributed by atoms with E-state index in [1.807, 2.05) is 13.8 Å². The molecule has 0 aliphatic heterocycles. The van der Waals surface area contributed by atoms with Gasteiger partial charge in [0.2, 0.25) is 5.89 Å². The van der Waals surface area contributed by atoms with Crippen LogP contribution in [0.15, 0.2) is 28.8 Å². The third-order valence-electron chi connectivity index (χ3n) is 3.18. The van der Waals surface area contributed by atoms with E-state index in [2.05, 4.69) is 10.3 Å². The molecule has 5 heteroatoms. The second-order valence-electron chi connectivity index (χ2n) is 4.56. The van der Waals surface area contributed by atoms with E-state index < -0.39 is 0 Å². The first-order chi connectivity index (χ1) is 9.63. The van der Waals surface area contributed by atoms with Crippen LogP contribution in [0.1, 0.15) is 37.1 Å². The molecule has 1 aromatic heterocycles. The molecule has 0 aliphatic rings. The van der Waals surface area contributed by atoms with Crippen molar-refractivity contribution < 1.29 is 13.5 Å². The standard InChI is InChI=1S/C15H19FN2O2/c1-4-11-8-18-15(20-11)9-17-10(2)13-6-5-12(19-3)7-14(13)16/h5-8,10,17H,4,9H2,1-3H3. The predicted octanol–water partition coefficient (Wildman–Crippen LogP) is 3.24. The van der Waals surface area contributed by atoms with Crippen molar-refractivity contribution in [2.45, 2.75) is 32.9 Å². The number of methoxy groups -OCH3 is 1. The summed E-state index contributed by atoms with van der Waals surface area (Å²) in [6, 6.07) is 4.71. The van der Waals surface area contributed by atoms with Gasteiger partial charge in [-0.25, -0.2) is 9.37 Å². The summed E-state index contributed by atoms with van der Waals surface area (Å²) >= 11 is 0. The quantitative estimate of drug-likeness (QED) is 0.881. The zero-order valence-electron chi connectivity index (χ0n) is 11.9. The number of benzene rings is 1. The normalized spacial score (nSPS) is 12.4. The lowest BCUT2D eigenvalue weighted by Crippen LogP contribution is -2.19. The highest BCUT2D eigenvalue weighted by atomic mass is 19.1. The first-order valence-corrected chi connectivity index (χ1v) is 6.64. The van der Waals surface area contributed by atoms with Gasteiger partial charge in [-0.05, 0) is 13.0 Å². The van der Waals surface area contributed by atoms with Gasteiger partial charge in [-0.3, -0.25) is 0 Å². The van der Waals surface area contributed by atoms with Crippen molar-refractivity contribution in [2.75, 3.05) is 7.11 Å². The van der Waals surface area contributed by atoms with Gasteiger partial charge < -0.3 is 14.5 Å². The highest BCUT2D eigenvalue weighted by molar-refractivity contribution is 5.30. The lowest BCUT2D eigenvalue weighted by molar-refractivity contribution is 0.406. The monoisotopic (exact) mass is 278 g/mol. The molecule has 4 nitrogen and oxygen atoms in total. The largest absolute Gasteiger partial charge is 0.497 e. The van der Waals surface area contributed by atoms with E-state index >= 15 is 0 Å². The molecule has 20 heavy (non-hydrogen) atoms. The number of nitrogens with one attached hydrogen (secondary N) is 1. The maximum absolute atomic E-state index is 13.9. The summed E-state index contributed by atoms with van der Waals surface area (Å²) in [7, 11) is 1.52. The zero-order valence-corrected chi connectivity index (χ0v) is 11.9. The van der Waals surface area contributed by atoms with E-state index in [4.69, 9.17) is 9.15 Å². The van der Waals surface area contributed by atoms with E-state index in [-0.39, 0.29) is 11.9 Å². The van der Waals surface area contributed by atoms with E-state index in [1.165, 1.54) is 13.2 Å². The predicted molar refractivity (Wildman–Crippen MR) is 74.1 cm³/mol. The van der Waals surface area contributed by atoms with Gasteiger partial charge in [-0.1, -0.05) is 13.0 Å². The molecule has 1 aromatic carbocycles. The smallest absolute Gasteiger partial charge is 0.208 e. The molecule has 0 fully saturated rings. The zero-order chi connectivity index (χ0) is 14.5. The van der Waals surface area contributed by atoms with Crippen molar-refractivity contribution in [3.63, 3.8) is 0 Å². The summed E-state index contributed by atoms with van der Waals surface area (Å²) in [6.07, 6.45) is 2.53. The van der Waals surface area contributed by atoms with Crippen LogP contribution < -0.4 is 10.1 Å². The molecule has 2 rings (SSSR count). The minimum absolute atomic E-state index is 0.141. The molecule has 0 aliphatic carbocycles. The van der Waals surface area contributed by atoms with Crippen molar-refractivity contribution in [2.24, 2.45) is 0 Å². The van der Waals surface area contributed by atoms with Crippen molar-refractivity contribution in [1.29, 1.82) is 0 Å². The van der Waals surface area contributed by atoms with Gasteiger partial charge in [-0.15, -0.1) is 0 Å². The summed E-state index contributed by atoms with van der Waals surface area (Å²) in [5, 5.41) is 3.19. The fraction of sp³-hybridized carbons (Fsp3) is 0.400. The van der Waals surface area contributed by atoms with E-state index in [0.29, 0.717) is 23.7 Å². The molecule has 0 spiro atoms. The molecule has 1 heterocycles. The highest BCUT2D eigenvalue weighted by Gasteiger charge is 2.12. The maximum atomic E-state index is 13.9. The van der Waals surface area contributed by atoms with E-state index in [0.717, 1.165) is 12.2 Å². The summed E-state index contributed by atoms with van der Waals surface area (Å²) in [6.45, 7) is 4.37. The van der Waals surface area contributed by atoms with Gasteiger partial charge in [-0.2, -0.15) is 0 Å². The Bertz CT molecular complexity index is 569. The Hall–Kier alpha value is -1.88. The Morgan fingerprint density at radius 1 is 1.45 bits per heavy atom. The summed E-state index contributed by atoms with van der Waals surface area (Å²) < 4.78 is 24.4. The molecule has 0 bridgehead atoms. The lowest BCUT2D eigenvalue weighted by atomic mass is 10.1. The minimum Gasteiger partial charge on any atom is -0.497 e. The molecule has 108 valence electrons. The van der Waals surface area contributed by atoms with Crippen LogP contribution in [0, 0.1) is 5.82 Å². The molecule has 0 saturated heterocycles. The van der Waals surface area contributed by atoms with Crippen molar-refractivity contribution >= 4 is 0 Å². The Morgan fingerprint density at radius 3 is 2.85 bits per heavy atom. The Morgan fingerprint density at radius 2 is 2.25 bits per heavy atom. The van der Waals surface area contributed by atoms with Crippen molar-refractivity contribution in [3.8, 4) is 5.75 Å². The second kappa shape index (κ2) is 6.52. The first-order valence-electron chi connectivity index (χ1n) is 6.64. The van der Waals surface area contributed by atoms with Gasteiger partial charge in [0.1, 0.15) is 17.3 Å². The van der Waals surface area contributed by atoms with Gasteiger partial charge in [0.25, 0.3) is 0 Å². The summed E-state index contributed by atoms with van der Waals surface area (Å²) in [5.74, 6) is 1.69. The van der Waals surface area contributed by atoms with E-state index in [9.17, 15) is 4.39 Å². The molecule has 2 aromatic rings. The molecule has 0 amide bonds. The van der Waals surface area contributed by atoms with Crippen LogP contribution in [0.4, 0.5) is 4.39 Å². The van der Waals surface area contributed by atoms with Crippen LogP contribution in [0.25, 0.3) is 0 Å². The summed E-state index contributed by atoms with van der Waals surface area (Å²) in [5.41, 5.74) is 0.591. The third-order valence-corrected chi connectivity index (χ3v) is 3.18. The number of ether oxygens (including phenoxy) is 1. The molecule has 0 saturated carbocycles. The fourth-order valence-electron chi connectivity index (χ4n) is 1.93. The molecule has 0 radical (unpaired) electrons. The number of hydrogen-bond acceptors (Lipinski definition) is 4. The minimum atomic E-state index is -0.286. The molecule has 1 unspecified atom stereocenters. The van der Waals surface area contributed by atoms with Gasteiger partial charge in [0.05, 0.1) is 19.9 Å². The van der Waals surface area contributed by atoms with Crippen LogP contribution in [-0.4, -0.2) is 12.1 Å². The fourth-order valence-corrected chi connectivity index (χ4v) is 1.93.